The van der Waals surface area contributed by atoms with Crippen molar-refractivity contribution in [3.63, 3.8) is 0 Å². The van der Waals surface area contributed by atoms with Crippen LogP contribution in [0.15, 0.2) is 41.0 Å². The molecule has 1 heterocycles. The third-order valence-electron chi connectivity index (χ3n) is 3.13. The predicted molar refractivity (Wildman–Crippen MR) is 78.6 cm³/mol. The molecule has 21 heavy (non-hydrogen) atoms. The molecule has 1 aromatic carbocycles. The maximum absolute atomic E-state index is 12.1. The Balaban J connectivity index is 1.76. The first-order chi connectivity index (χ1) is 10.1. The summed E-state index contributed by atoms with van der Waals surface area (Å²) in [5.41, 5.74) is 0.836. The highest BCUT2D eigenvalue weighted by molar-refractivity contribution is 6.34. The lowest BCUT2D eigenvalue weighted by molar-refractivity contribution is 0.0949. The van der Waals surface area contributed by atoms with Crippen LogP contribution in [-0.4, -0.2) is 17.9 Å². The Morgan fingerprint density at radius 1 is 1.19 bits per heavy atom. The summed E-state index contributed by atoms with van der Waals surface area (Å²) in [7, 11) is 0. The summed E-state index contributed by atoms with van der Waals surface area (Å²) in [6.45, 7) is 0. The first kappa shape index (κ1) is 13.7. The van der Waals surface area contributed by atoms with Gasteiger partial charge in [0.25, 0.3) is 11.8 Å². The molecule has 108 valence electrons. The van der Waals surface area contributed by atoms with E-state index in [-0.39, 0.29) is 23.6 Å². The lowest BCUT2D eigenvalue weighted by atomic mass is 10.2. The third-order valence-corrected chi connectivity index (χ3v) is 3.46. The van der Waals surface area contributed by atoms with E-state index < -0.39 is 0 Å². The maximum atomic E-state index is 12.1. The number of furan rings is 1. The standard InChI is InChI=1S/C15H13ClN2O3/c16-12-6-5-10(18-15(20)13-2-1-7-21-13)8-11(12)14(19)17-9-3-4-9/h1-2,5-9H,3-4H2,(H,17,19)(H,18,20). The molecule has 6 heteroatoms. The highest BCUT2D eigenvalue weighted by Crippen LogP contribution is 2.24. The lowest BCUT2D eigenvalue weighted by Gasteiger charge is -2.09. The molecule has 0 unspecified atom stereocenters. The molecule has 1 aliphatic carbocycles. The number of amides is 2. The van der Waals surface area contributed by atoms with Gasteiger partial charge < -0.3 is 15.1 Å². The zero-order valence-electron chi connectivity index (χ0n) is 11.1. The number of halogens is 1. The Bertz CT molecular complexity index is 678. The Morgan fingerprint density at radius 2 is 2.00 bits per heavy atom. The number of rotatable bonds is 4. The van der Waals surface area contributed by atoms with Crippen LogP contribution in [-0.2, 0) is 0 Å². The number of hydrogen-bond donors (Lipinski definition) is 2. The fourth-order valence-corrected chi connectivity index (χ4v) is 2.07. The van der Waals surface area contributed by atoms with Gasteiger partial charge in [-0.25, -0.2) is 0 Å². The van der Waals surface area contributed by atoms with Gasteiger partial charge in [-0.15, -0.1) is 0 Å². The maximum Gasteiger partial charge on any atom is 0.291 e. The van der Waals surface area contributed by atoms with E-state index in [2.05, 4.69) is 10.6 Å². The van der Waals surface area contributed by atoms with Crippen molar-refractivity contribution in [2.75, 3.05) is 5.32 Å². The minimum Gasteiger partial charge on any atom is -0.459 e. The average molecular weight is 305 g/mol. The SMILES string of the molecule is O=C(Nc1ccc(Cl)c(C(=O)NC2CC2)c1)c1ccco1. The normalized spacial score (nSPS) is 13.8. The van der Waals surface area contributed by atoms with Crippen LogP contribution < -0.4 is 10.6 Å². The quantitative estimate of drug-likeness (QED) is 0.912. The van der Waals surface area contributed by atoms with Crippen molar-refractivity contribution in [3.05, 3.63) is 52.9 Å². The van der Waals surface area contributed by atoms with Crippen molar-refractivity contribution in [2.24, 2.45) is 0 Å². The van der Waals surface area contributed by atoms with Crippen molar-refractivity contribution in [3.8, 4) is 0 Å². The summed E-state index contributed by atoms with van der Waals surface area (Å²) in [6, 6.07) is 8.21. The summed E-state index contributed by atoms with van der Waals surface area (Å²) in [4.78, 5) is 23.9. The molecule has 0 radical (unpaired) electrons. The second kappa shape index (κ2) is 5.61. The fourth-order valence-electron chi connectivity index (χ4n) is 1.87. The van der Waals surface area contributed by atoms with Crippen LogP contribution in [0.1, 0.15) is 33.8 Å². The highest BCUT2D eigenvalue weighted by atomic mass is 35.5. The smallest absolute Gasteiger partial charge is 0.291 e. The Hall–Kier alpha value is -2.27. The van der Waals surface area contributed by atoms with Crippen molar-refractivity contribution >= 4 is 29.1 Å². The molecular weight excluding hydrogens is 292 g/mol. The molecule has 1 aromatic heterocycles. The van der Waals surface area contributed by atoms with Gasteiger partial charge in [0.2, 0.25) is 0 Å². The largest absolute Gasteiger partial charge is 0.459 e. The second-order valence-electron chi connectivity index (χ2n) is 4.87. The first-order valence-corrected chi connectivity index (χ1v) is 6.96. The Kier molecular flexibility index (Phi) is 3.66. The van der Waals surface area contributed by atoms with E-state index in [1.807, 2.05) is 0 Å². The summed E-state index contributed by atoms with van der Waals surface area (Å²) >= 11 is 6.04. The number of carbonyl (C=O) groups excluding carboxylic acids is 2. The molecule has 5 nitrogen and oxygen atoms in total. The molecule has 0 spiro atoms. The number of carbonyl (C=O) groups is 2. The molecule has 0 aliphatic heterocycles. The van der Waals surface area contributed by atoms with Gasteiger partial charge in [0.1, 0.15) is 0 Å². The Morgan fingerprint density at radius 3 is 2.67 bits per heavy atom. The van der Waals surface area contributed by atoms with Crippen LogP contribution in [0.2, 0.25) is 5.02 Å². The van der Waals surface area contributed by atoms with Crippen molar-refractivity contribution < 1.29 is 14.0 Å². The summed E-state index contributed by atoms with van der Waals surface area (Å²) in [5, 5.41) is 5.88. The van der Waals surface area contributed by atoms with Crippen molar-refractivity contribution in [1.82, 2.24) is 5.32 Å². The van der Waals surface area contributed by atoms with E-state index in [9.17, 15) is 9.59 Å². The minimum atomic E-state index is -0.379. The average Bonchev–Trinajstić information content (AvgIpc) is 3.10. The van der Waals surface area contributed by atoms with Gasteiger partial charge in [-0.3, -0.25) is 9.59 Å². The highest BCUT2D eigenvalue weighted by Gasteiger charge is 2.25. The van der Waals surface area contributed by atoms with Crippen LogP contribution in [0.5, 0.6) is 0 Å². The van der Waals surface area contributed by atoms with E-state index in [1.165, 1.54) is 6.26 Å². The summed E-state index contributed by atoms with van der Waals surface area (Å²) in [5.74, 6) is -0.401. The number of benzene rings is 1. The monoisotopic (exact) mass is 304 g/mol. The van der Waals surface area contributed by atoms with Gasteiger partial charge in [-0.1, -0.05) is 11.6 Å². The lowest BCUT2D eigenvalue weighted by Crippen LogP contribution is -2.25. The second-order valence-corrected chi connectivity index (χ2v) is 5.28. The molecule has 0 bridgehead atoms. The molecule has 0 saturated heterocycles. The number of nitrogens with one attached hydrogen (secondary N) is 2. The van der Waals surface area contributed by atoms with Crippen LogP contribution in [0.3, 0.4) is 0 Å². The van der Waals surface area contributed by atoms with Crippen LogP contribution in [0.4, 0.5) is 5.69 Å². The molecular formula is C15H13ClN2O3. The first-order valence-electron chi connectivity index (χ1n) is 6.59. The summed E-state index contributed by atoms with van der Waals surface area (Å²) in [6.07, 6.45) is 3.42. The third kappa shape index (κ3) is 3.25. The zero-order chi connectivity index (χ0) is 14.8. The Labute approximate surface area is 126 Å². The molecule has 2 N–H and O–H groups in total. The summed E-state index contributed by atoms with van der Waals surface area (Å²) < 4.78 is 5.01. The van der Waals surface area contributed by atoms with E-state index in [0.29, 0.717) is 16.3 Å². The molecule has 1 saturated carbocycles. The van der Waals surface area contributed by atoms with Gasteiger partial charge in [0, 0.05) is 11.7 Å². The van der Waals surface area contributed by atoms with E-state index in [4.69, 9.17) is 16.0 Å². The van der Waals surface area contributed by atoms with Gasteiger partial charge in [-0.2, -0.15) is 0 Å². The van der Waals surface area contributed by atoms with Crippen molar-refractivity contribution in [2.45, 2.75) is 18.9 Å². The van der Waals surface area contributed by atoms with E-state index in [0.717, 1.165) is 12.8 Å². The minimum absolute atomic E-state index is 0.203. The van der Waals surface area contributed by atoms with Crippen LogP contribution in [0.25, 0.3) is 0 Å². The van der Waals surface area contributed by atoms with Crippen molar-refractivity contribution in [1.29, 1.82) is 0 Å². The van der Waals surface area contributed by atoms with Crippen LogP contribution in [0, 0.1) is 0 Å². The van der Waals surface area contributed by atoms with E-state index >= 15 is 0 Å². The van der Waals surface area contributed by atoms with Crippen LogP contribution >= 0.6 is 11.6 Å². The molecule has 1 fully saturated rings. The van der Waals surface area contributed by atoms with Gasteiger partial charge in [0.05, 0.1) is 16.8 Å². The van der Waals surface area contributed by atoms with Gasteiger partial charge >= 0.3 is 0 Å². The molecule has 1 aliphatic rings. The predicted octanol–water partition coefficient (Wildman–Crippen LogP) is 3.08. The molecule has 0 atom stereocenters. The number of hydrogen-bond acceptors (Lipinski definition) is 3. The topological polar surface area (TPSA) is 71.3 Å². The van der Waals surface area contributed by atoms with E-state index in [1.54, 1.807) is 30.3 Å². The molecule has 2 aromatic rings. The van der Waals surface area contributed by atoms with Gasteiger partial charge in [0.15, 0.2) is 5.76 Å². The molecule has 3 rings (SSSR count). The van der Waals surface area contributed by atoms with Gasteiger partial charge in [-0.05, 0) is 43.2 Å². The molecule has 2 amide bonds. The number of anilines is 1. The zero-order valence-corrected chi connectivity index (χ0v) is 11.8. The fraction of sp³-hybridized carbons (Fsp3) is 0.200.